The molecule has 1 aromatic heterocycles. The molecule has 3 rings (SSSR count). The molecule has 1 saturated heterocycles. The Bertz CT molecular complexity index is 403. The first-order chi connectivity index (χ1) is 8.72. The lowest BCUT2D eigenvalue weighted by atomic mass is 9.85. The molecule has 4 heteroatoms. The Morgan fingerprint density at radius 1 is 1.22 bits per heavy atom. The van der Waals surface area contributed by atoms with Crippen molar-refractivity contribution in [3.8, 4) is 0 Å². The van der Waals surface area contributed by atoms with Gasteiger partial charge < -0.3 is 5.11 Å². The Hall–Kier alpha value is -0.870. The molecule has 18 heavy (non-hydrogen) atoms. The summed E-state index contributed by atoms with van der Waals surface area (Å²) in [5, 5.41) is 15.1. The van der Waals surface area contributed by atoms with Crippen molar-refractivity contribution in [1.82, 2.24) is 14.7 Å². The normalized spacial score (nSPS) is 25.7. The van der Waals surface area contributed by atoms with Gasteiger partial charge in [-0.05, 0) is 38.8 Å². The molecular formula is C14H23N3O. The van der Waals surface area contributed by atoms with Crippen molar-refractivity contribution in [3.05, 3.63) is 18.0 Å². The summed E-state index contributed by atoms with van der Waals surface area (Å²) in [7, 11) is 1.91. The zero-order chi connectivity index (χ0) is 12.6. The van der Waals surface area contributed by atoms with Gasteiger partial charge in [-0.3, -0.25) is 9.58 Å². The summed E-state index contributed by atoms with van der Waals surface area (Å²) in [6, 6.07) is 0. The topological polar surface area (TPSA) is 41.3 Å². The van der Waals surface area contributed by atoms with E-state index in [-0.39, 0.29) is 11.6 Å². The number of aromatic nitrogens is 2. The second kappa shape index (κ2) is 4.67. The standard InChI is InChI=1S/C14H23N3O/c1-16-11-12(10-15-16)13(18)14(6-2-3-7-14)17-8-4-5-9-17/h10-11,13,18H,2-9H2,1H3. The second-order valence-corrected chi connectivity index (χ2v) is 5.85. The predicted molar refractivity (Wildman–Crippen MR) is 70.2 cm³/mol. The van der Waals surface area contributed by atoms with Gasteiger partial charge >= 0.3 is 0 Å². The molecule has 100 valence electrons. The van der Waals surface area contributed by atoms with Gasteiger partial charge in [-0.25, -0.2) is 0 Å². The minimum absolute atomic E-state index is 0.0144. The molecule has 1 aliphatic heterocycles. The van der Waals surface area contributed by atoms with Crippen molar-refractivity contribution in [3.63, 3.8) is 0 Å². The Morgan fingerprint density at radius 3 is 2.44 bits per heavy atom. The van der Waals surface area contributed by atoms with Crippen LogP contribution >= 0.6 is 0 Å². The Balaban J connectivity index is 1.88. The maximum absolute atomic E-state index is 10.8. The lowest BCUT2D eigenvalue weighted by Gasteiger charge is -2.42. The smallest absolute Gasteiger partial charge is 0.100 e. The number of hydrogen-bond donors (Lipinski definition) is 1. The summed E-state index contributed by atoms with van der Waals surface area (Å²) in [6.07, 6.45) is 10.7. The van der Waals surface area contributed by atoms with Crippen molar-refractivity contribution >= 4 is 0 Å². The zero-order valence-corrected chi connectivity index (χ0v) is 11.2. The van der Waals surface area contributed by atoms with E-state index >= 15 is 0 Å². The lowest BCUT2D eigenvalue weighted by Crippen LogP contribution is -2.49. The number of likely N-dealkylation sites (tertiary alicyclic amines) is 1. The van der Waals surface area contributed by atoms with Crippen molar-refractivity contribution < 1.29 is 5.11 Å². The third-order valence-corrected chi connectivity index (χ3v) is 4.75. The summed E-state index contributed by atoms with van der Waals surface area (Å²) in [4.78, 5) is 2.54. The van der Waals surface area contributed by atoms with Crippen LogP contribution in [0.2, 0.25) is 0 Å². The van der Waals surface area contributed by atoms with Crippen LogP contribution < -0.4 is 0 Å². The van der Waals surface area contributed by atoms with E-state index in [9.17, 15) is 5.11 Å². The SMILES string of the molecule is Cn1cc(C(O)C2(N3CCCC3)CCCC2)cn1. The third kappa shape index (κ3) is 1.88. The Kier molecular flexibility index (Phi) is 3.16. The summed E-state index contributed by atoms with van der Waals surface area (Å²) in [5.41, 5.74) is 0.964. The van der Waals surface area contributed by atoms with Crippen molar-refractivity contribution in [2.75, 3.05) is 13.1 Å². The minimum atomic E-state index is -0.383. The maximum Gasteiger partial charge on any atom is 0.100 e. The van der Waals surface area contributed by atoms with E-state index in [1.807, 2.05) is 19.4 Å². The first-order valence-corrected chi connectivity index (χ1v) is 7.14. The molecule has 0 radical (unpaired) electrons. The van der Waals surface area contributed by atoms with Crippen LogP contribution in [0.25, 0.3) is 0 Å². The molecule has 4 nitrogen and oxygen atoms in total. The maximum atomic E-state index is 10.8. The molecule has 1 N–H and O–H groups in total. The van der Waals surface area contributed by atoms with E-state index in [2.05, 4.69) is 10.00 Å². The van der Waals surface area contributed by atoms with Crippen LogP contribution in [0.4, 0.5) is 0 Å². The van der Waals surface area contributed by atoms with Crippen LogP contribution in [0, 0.1) is 0 Å². The van der Waals surface area contributed by atoms with Crippen LogP contribution in [-0.4, -0.2) is 38.4 Å². The van der Waals surface area contributed by atoms with Crippen LogP contribution in [0.5, 0.6) is 0 Å². The molecule has 1 unspecified atom stereocenters. The predicted octanol–water partition coefficient (Wildman–Crippen LogP) is 1.86. The fraction of sp³-hybridized carbons (Fsp3) is 0.786. The number of hydrogen-bond acceptors (Lipinski definition) is 3. The first-order valence-electron chi connectivity index (χ1n) is 7.14. The zero-order valence-electron chi connectivity index (χ0n) is 11.2. The van der Waals surface area contributed by atoms with Gasteiger partial charge in [0.1, 0.15) is 6.10 Å². The van der Waals surface area contributed by atoms with E-state index in [4.69, 9.17) is 0 Å². The average Bonchev–Trinajstić information content (AvgIpc) is 3.09. The van der Waals surface area contributed by atoms with Gasteiger partial charge in [-0.1, -0.05) is 12.8 Å². The molecule has 0 amide bonds. The quantitative estimate of drug-likeness (QED) is 0.889. The summed E-state index contributed by atoms with van der Waals surface area (Å²) >= 11 is 0. The largest absolute Gasteiger partial charge is 0.386 e. The first kappa shape index (κ1) is 12.2. The minimum Gasteiger partial charge on any atom is -0.386 e. The van der Waals surface area contributed by atoms with E-state index < -0.39 is 0 Å². The summed E-state index contributed by atoms with van der Waals surface area (Å²) < 4.78 is 1.78. The van der Waals surface area contributed by atoms with Crippen LogP contribution in [-0.2, 0) is 7.05 Å². The molecule has 2 heterocycles. The van der Waals surface area contributed by atoms with E-state index in [0.29, 0.717) is 0 Å². The van der Waals surface area contributed by atoms with Gasteiger partial charge in [0.05, 0.1) is 11.7 Å². The van der Waals surface area contributed by atoms with Gasteiger partial charge in [0.15, 0.2) is 0 Å². The molecule has 2 aliphatic rings. The number of aryl methyl sites for hydroxylation is 1. The van der Waals surface area contributed by atoms with Crippen LogP contribution in [0.1, 0.15) is 50.2 Å². The molecule has 2 fully saturated rings. The Morgan fingerprint density at radius 2 is 1.89 bits per heavy atom. The average molecular weight is 249 g/mol. The van der Waals surface area contributed by atoms with E-state index in [0.717, 1.165) is 31.5 Å². The lowest BCUT2D eigenvalue weighted by molar-refractivity contribution is -0.0196. The molecule has 0 spiro atoms. The van der Waals surface area contributed by atoms with E-state index in [1.165, 1.54) is 25.7 Å². The van der Waals surface area contributed by atoms with Gasteiger partial charge in [0, 0.05) is 18.8 Å². The van der Waals surface area contributed by atoms with Crippen LogP contribution in [0.15, 0.2) is 12.4 Å². The highest BCUT2D eigenvalue weighted by Gasteiger charge is 2.46. The van der Waals surface area contributed by atoms with Crippen molar-refractivity contribution in [1.29, 1.82) is 0 Å². The number of rotatable bonds is 3. The summed E-state index contributed by atoms with van der Waals surface area (Å²) in [5.74, 6) is 0. The third-order valence-electron chi connectivity index (χ3n) is 4.75. The fourth-order valence-corrected chi connectivity index (χ4v) is 3.80. The molecular weight excluding hydrogens is 226 g/mol. The van der Waals surface area contributed by atoms with E-state index in [1.54, 1.807) is 4.68 Å². The highest BCUT2D eigenvalue weighted by atomic mass is 16.3. The van der Waals surface area contributed by atoms with Crippen molar-refractivity contribution in [2.45, 2.75) is 50.2 Å². The fourth-order valence-electron chi connectivity index (χ4n) is 3.80. The molecule has 1 saturated carbocycles. The van der Waals surface area contributed by atoms with Gasteiger partial charge in [0.25, 0.3) is 0 Å². The molecule has 1 aromatic rings. The highest BCUT2D eigenvalue weighted by molar-refractivity contribution is 5.17. The van der Waals surface area contributed by atoms with Gasteiger partial charge in [-0.15, -0.1) is 0 Å². The number of nitrogens with zero attached hydrogens (tertiary/aromatic N) is 3. The Labute approximate surface area is 109 Å². The second-order valence-electron chi connectivity index (χ2n) is 5.85. The molecule has 1 atom stereocenters. The monoisotopic (exact) mass is 249 g/mol. The molecule has 0 bridgehead atoms. The van der Waals surface area contributed by atoms with Crippen molar-refractivity contribution in [2.24, 2.45) is 7.05 Å². The summed E-state index contributed by atoms with van der Waals surface area (Å²) in [6.45, 7) is 2.30. The molecule has 0 aromatic carbocycles. The van der Waals surface area contributed by atoms with Crippen LogP contribution in [0.3, 0.4) is 0 Å². The molecule has 1 aliphatic carbocycles. The number of aliphatic hydroxyl groups is 1. The van der Waals surface area contributed by atoms with Gasteiger partial charge in [-0.2, -0.15) is 5.10 Å². The number of aliphatic hydroxyl groups excluding tert-OH is 1. The van der Waals surface area contributed by atoms with Gasteiger partial charge in [0.2, 0.25) is 0 Å². The highest BCUT2D eigenvalue weighted by Crippen LogP contribution is 2.45.